The fraction of sp³-hybridized carbons (Fsp3) is 0.412. The van der Waals surface area contributed by atoms with Crippen molar-refractivity contribution in [3.63, 3.8) is 0 Å². The lowest BCUT2D eigenvalue weighted by Crippen LogP contribution is -2.47. The number of aromatic nitrogens is 5. The fourth-order valence-corrected chi connectivity index (χ4v) is 3.66. The normalized spacial score (nSPS) is 15.3. The molecule has 1 aliphatic heterocycles. The third-order valence-corrected chi connectivity index (χ3v) is 5.06. The summed E-state index contributed by atoms with van der Waals surface area (Å²) in [5.41, 5.74) is 1.16. The van der Waals surface area contributed by atoms with Gasteiger partial charge in [-0.3, -0.25) is 4.79 Å². The summed E-state index contributed by atoms with van der Waals surface area (Å²) >= 11 is 6.07. The summed E-state index contributed by atoms with van der Waals surface area (Å²) in [6.07, 6.45) is 0.128. The molecule has 0 saturated carbocycles. The van der Waals surface area contributed by atoms with Crippen LogP contribution in [0, 0.1) is 6.92 Å². The molecule has 3 aromatic rings. The van der Waals surface area contributed by atoms with Crippen LogP contribution in [-0.2, 0) is 6.54 Å². The minimum Gasteiger partial charge on any atom is -0.365 e. The molecule has 1 saturated heterocycles. The molecular weight excluding hydrogens is 411 g/mol. The number of piperazine rings is 1. The first kappa shape index (κ1) is 19.5. The van der Waals surface area contributed by atoms with Gasteiger partial charge in [-0.25, -0.2) is 14.2 Å². The third kappa shape index (κ3) is 3.86. The standard InChI is InChI=1S/C17H17ClF3N7O/c1-11-8-12-15(22-2-3-27(12)24-11)26-6-4-25(5-7-26)13-9-23-28(10-17(19,20)21)16(29)14(13)18/h2-3,8-9H,4-7,10H2,1H3. The van der Waals surface area contributed by atoms with Crippen molar-refractivity contribution in [1.29, 1.82) is 0 Å². The van der Waals surface area contributed by atoms with Crippen LogP contribution in [-0.4, -0.2) is 56.7 Å². The van der Waals surface area contributed by atoms with Gasteiger partial charge < -0.3 is 9.80 Å². The molecule has 0 unspecified atom stereocenters. The first-order valence-electron chi connectivity index (χ1n) is 8.86. The smallest absolute Gasteiger partial charge is 0.365 e. The van der Waals surface area contributed by atoms with E-state index in [-0.39, 0.29) is 5.02 Å². The molecule has 0 spiro atoms. The van der Waals surface area contributed by atoms with Gasteiger partial charge in [0.05, 0.1) is 17.6 Å². The number of hydrogen-bond donors (Lipinski definition) is 0. The van der Waals surface area contributed by atoms with Crippen LogP contribution in [0.5, 0.6) is 0 Å². The average Bonchev–Trinajstić information content (AvgIpc) is 3.05. The van der Waals surface area contributed by atoms with Crippen molar-refractivity contribution in [2.75, 3.05) is 36.0 Å². The summed E-state index contributed by atoms with van der Waals surface area (Å²) in [5, 5.41) is 7.76. The molecule has 4 heterocycles. The summed E-state index contributed by atoms with van der Waals surface area (Å²) in [4.78, 5) is 20.6. The Bertz CT molecular complexity index is 1100. The minimum absolute atomic E-state index is 0.260. The maximum absolute atomic E-state index is 12.6. The summed E-state index contributed by atoms with van der Waals surface area (Å²) in [7, 11) is 0. The molecule has 0 N–H and O–H groups in total. The van der Waals surface area contributed by atoms with Gasteiger partial charge in [0, 0.05) is 38.6 Å². The van der Waals surface area contributed by atoms with E-state index in [4.69, 9.17) is 11.6 Å². The lowest BCUT2D eigenvalue weighted by molar-refractivity contribution is -0.143. The lowest BCUT2D eigenvalue weighted by Gasteiger charge is -2.36. The summed E-state index contributed by atoms with van der Waals surface area (Å²) in [6.45, 7) is 2.66. The third-order valence-electron chi connectivity index (χ3n) is 4.71. The van der Waals surface area contributed by atoms with Crippen LogP contribution in [0.3, 0.4) is 0 Å². The number of aryl methyl sites for hydroxylation is 1. The van der Waals surface area contributed by atoms with E-state index >= 15 is 0 Å². The monoisotopic (exact) mass is 427 g/mol. The molecule has 1 fully saturated rings. The highest BCUT2D eigenvalue weighted by Crippen LogP contribution is 2.26. The van der Waals surface area contributed by atoms with E-state index in [9.17, 15) is 18.0 Å². The van der Waals surface area contributed by atoms with Crippen LogP contribution in [0.1, 0.15) is 5.69 Å². The molecule has 154 valence electrons. The Morgan fingerprint density at radius 3 is 2.55 bits per heavy atom. The van der Waals surface area contributed by atoms with Gasteiger partial charge in [0.2, 0.25) is 0 Å². The van der Waals surface area contributed by atoms with E-state index in [0.29, 0.717) is 36.5 Å². The van der Waals surface area contributed by atoms with Crippen molar-refractivity contribution in [2.45, 2.75) is 19.6 Å². The second-order valence-corrected chi connectivity index (χ2v) is 7.14. The molecule has 4 rings (SSSR count). The molecule has 3 aromatic heterocycles. The van der Waals surface area contributed by atoms with Crippen molar-refractivity contribution < 1.29 is 13.2 Å². The van der Waals surface area contributed by atoms with Gasteiger partial charge in [0.25, 0.3) is 5.56 Å². The van der Waals surface area contributed by atoms with Crippen LogP contribution in [0.2, 0.25) is 5.02 Å². The van der Waals surface area contributed by atoms with Gasteiger partial charge in [0.1, 0.15) is 17.1 Å². The van der Waals surface area contributed by atoms with E-state index in [0.717, 1.165) is 17.0 Å². The molecule has 8 nitrogen and oxygen atoms in total. The van der Waals surface area contributed by atoms with Crippen molar-refractivity contribution in [1.82, 2.24) is 24.4 Å². The molecule has 0 aliphatic carbocycles. The SMILES string of the molecule is Cc1cc2c(N3CCN(c4cnn(CC(F)(F)F)c(=O)c4Cl)CC3)nccn2n1. The summed E-state index contributed by atoms with van der Waals surface area (Å²) < 4.78 is 39.8. The van der Waals surface area contributed by atoms with Gasteiger partial charge in [-0.2, -0.15) is 23.4 Å². The molecule has 0 aromatic carbocycles. The molecule has 0 atom stereocenters. The number of fused-ring (bicyclic) bond motifs is 1. The Morgan fingerprint density at radius 1 is 1.17 bits per heavy atom. The maximum atomic E-state index is 12.6. The lowest BCUT2D eigenvalue weighted by atomic mass is 10.2. The van der Waals surface area contributed by atoms with Crippen molar-refractivity contribution in [3.05, 3.63) is 45.7 Å². The van der Waals surface area contributed by atoms with Gasteiger partial charge >= 0.3 is 6.18 Å². The van der Waals surface area contributed by atoms with E-state index in [1.807, 2.05) is 17.9 Å². The van der Waals surface area contributed by atoms with Gasteiger partial charge in [-0.15, -0.1) is 0 Å². The number of halogens is 4. The number of hydrogen-bond acceptors (Lipinski definition) is 6. The largest absolute Gasteiger partial charge is 0.408 e. The summed E-state index contributed by atoms with van der Waals surface area (Å²) in [5.74, 6) is 0.803. The van der Waals surface area contributed by atoms with Crippen molar-refractivity contribution in [3.8, 4) is 0 Å². The second-order valence-electron chi connectivity index (χ2n) is 6.76. The predicted octanol–water partition coefficient (Wildman–Crippen LogP) is 2.14. The fourth-order valence-electron chi connectivity index (χ4n) is 3.39. The summed E-state index contributed by atoms with van der Waals surface area (Å²) in [6, 6.07) is 1.95. The molecule has 1 aliphatic rings. The van der Waals surface area contributed by atoms with E-state index in [1.54, 1.807) is 16.9 Å². The number of rotatable bonds is 3. The molecule has 0 radical (unpaired) electrons. The van der Waals surface area contributed by atoms with E-state index in [1.165, 1.54) is 6.20 Å². The van der Waals surface area contributed by atoms with Crippen LogP contribution < -0.4 is 15.4 Å². The zero-order valence-corrected chi connectivity index (χ0v) is 16.2. The molecule has 0 bridgehead atoms. The van der Waals surface area contributed by atoms with Crippen LogP contribution in [0.25, 0.3) is 5.52 Å². The Labute approximate surface area is 168 Å². The zero-order valence-electron chi connectivity index (χ0n) is 15.4. The number of anilines is 2. The highest BCUT2D eigenvalue weighted by atomic mass is 35.5. The molecule has 29 heavy (non-hydrogen) atoms. The highest BCUT2D eigenvalue weighted by molar-refractivity contribution is 6.33. The van der Waals surface area contributed by atoms with Crippen LogP contribution in [0.15, 0.2) is 29.5 Å². The molecule has 0 amide bonds. The first-order chi connectivity index (χ1) is 13.7. The predicted molar refractivity (Wildman–Crippen MR) is 102 cm³/mol. The Kier molecular flexibility index (Phi) is 4.85. The van der Waals surface area contributed by atoms with Gasteiger partial charge in [-0.05, 0) is 13.0 Å². The Balaban J connectivity index is 1.52. The van der Waals surface area contributed by atoms with Gasteiger partial charge in [0.15, 0.2) is 5.82 Å². The highest BCUT2D eigenvalue weighted by Gasteiger charge is 2.30. The number of nitrogens with zero attached hydrogens (tertiary/aromatic N) is 7. The molecule has 12 heteroatoms. The minimum atomic E-state index is -4.55. The average molecular weight is 428 g/mol. The quantitative estimate of drug-likeness (QED) is 0.637. The van der Waals surface area contributed by atoms with Crippen LogP contribution in [0.4, 0.5) is 24.7 Å². The number of alkyl halides is 3. The van der Waals surface area contributed by atoms with Crippen molar-refractivity contribution in [2.24, 2.45) is 0 Å². The topological polar surface area (TPSA) is 71.6 Å². The van der Waals surface area contributed by atoms with Crippen LogP contribution >= 0.6 is 11.6 Å². The Hall–Kier alpha value is -2.82. The van der Waals surface area contributed by atoms with E-state index in [2.05, 4.69) is 20.1 Å². The maximum Gasteiger partial charge on any atom is 0.408 e. The van der Waals surface area contributed by atoms with E-state index < -0.39 is 18.3 Å². The van der Waals surface area contributed by atoms with Crippen molar-refractivity contribution >= 4 is 28.6 Å². The second kappa shape index (κ2) is 7.21. The molecular formula is C17H17ClF3N7O. The first-order valence-corrected chi connectivity index (χ1v) is 9.24. The zero-order chi connectivity index (χ0) is 20.8. The van der Waals surface area contributed by atoms with Gasteiger partial charge in [-0.1, -0.05) is 11.6 Å². The Morgan fingerprint density at radius 2 is 1.86 bits per heavy atom.